The lowest BCUT2D eigenvalue weighted by Crippen LogP contribution is -2.23. The van der Waals surface area contributed by atoms with E-state index in [1.165, 1.54) is 12.1 Å². The predicted octanol–water partition coefficient (Wildman–Crippen LogP) is 3.62. The molecule has 7 heteroatoms. The third-order valence-corrected chi connectivity index (χ3v) is 3.83. The van der Waals surface area contributed by atoms with E-state index in [4.69, 9.17) is 4.52 Å². The van der Waals surface area contributed by atoms with Gasteiger partial charge in [-0.3, -0.25) is 4.79 Å². The van der Waals surface area contributed by atoms with Crippen molar-refractivity contribution in [3.63, 3.8) is 0 Å². The molecule has 0 bridgehead atoms. The molecule has 3 aromatic rings. The number of hydrogen-bond donors (Lipinski definition) is 1. The summed E-state index contributed by atoms with van der Waals surface area (Å²) in [5.74, 6) is -1.49. The Bertz CT molecular complexity index is 921. The van der Waals surface area contributed by atoms with Gasteiger partial charge in [-0.1, -0.05) is 5.16 Å². The largest absolute Gasteiger partial charge is 0.378 e. The van der Waals surface area contributed by atoms with Gasteiger partial charge in [0.25, 0.3) is 5.91 Å². The standard InChI is InChI=1S/C19H17F2N3O2/c1-24(2)15-6-3-12(4-7-15)19(25)22-11-14-10-18(26-23-14)16-8-5-13(20)9-17(16)21/h3-10H,11H2,1-2H3,(H,22,25). The van der Waals surface area contributed by atoms with E-state index in [2.05, 4.69) is 10.5 Å². The number of nitrogens with zero attached hydrogens (tertiary/aromatic N) is 2. The first-order valence-electron chi connectivity index (χ1n) is 7.90. The third-order valence-electron chi connectivity index (χ3n) is 3.83. The van der Waals surface area contributed by atoms with Crippen LogP contribution in [0.2, 0.25) is 0 Å². The average Bonchev–Trinajstić information content (AvgIpc) is 3.08. The Morgan fingerprint density at radius 2 is 1.85 bits per heavy atom. The van der Waals surface area contributed by atoms with E-state index < -0.39 is 11.6 Å². The summed E-state index contributed by atoms with van der Waals surface area (Å²) >= 11 is 0. The summed E-state index contributed by atoms with van der Waals surface area (Å²) in [6.45, 7) is 0.126. The lowest BCUT2D eigenvalue weighted by Gasteiger charge is -2.12. The molecule has 0 saturated heterocycles. The molecule has 1 N–H and O–H groups in total. The minimum absolute atomic E-state index is 0.107. The molecule has 0 atom stereocenters. The predicted molar refractivity (Wildman–Crippen MR) is 93.8 cm³/mol. The summed E-state index contributed by atoms with van der Waals surface area (Å²) in [5.41, 5.74) is 2.05. The Hall–Kier alpha value is -3.22. The lowest BCUT2D eigenvalue weighted by molar-refractivity contribution is 0.0950. The maximum Gasteiger partial charge on any atom is 0.251 e. The van der Waals surface area contributed by atoms with Crippen LogP contribution in [0.3, 0.4) is 0 Å². The summed E-state index contributed by atoms with van der Waals surface area (Å²) in [5, 5.41) is 6.53. The van der Waals surface area contributed by atoms with Crippen molar-refractivity contribution in [2.45, 2.75) is 6.54 Å². The van der Waals surface area contributed by atoms with Gasteiger partial charge < -0.3 is 14.7 Å². The fourth-order valence-electron chi connectivity index (χ4n) is 2.40. The Labute approximate surface area is 149 Å². The summed E-state index contributed by atoms with van der Waals surface area (Å²) in [6, 6.07) is 11.8. The highest BCUT2D eigenvalue weighted by Crippen LogP contribution is 2.24. The van der Waals surface area contributed by atoms with Crippen molar-refractivity contribution in [1.82, 2.24) is 10.5 Å². The van der Waals surface area contributed by atoms with Gasteiger partial charge in [0.05, 0.1) is 12.1 Å². The van der Waals surface area contributed by atoms with Crippen molar-refractivity contribution in [2.75, 3.05) is 19.0 Å². The highest BCUT2D eigenvalue weighted by molar-refractivity contribution is 5.94. The van der Waals surface area contributed by atoms with Crippen LogP contribution in [0.5, 0.6) is 0 Å². The first-order valence-corrected chi connectivity index (χ1v) is 7.90. The number of nitrogens with one attached hydrogen (secondary N) is 1. The van der Waals surface area contributed by atoms with Crippen LogP contribution in [-0.2, 0) is 6.54 Å². The monoisotopic (exact) mass is 357 g/mol. The SMILES string of the molecule is CN(C)c1ccc(C(=O)NCc2cc(-c3ccc(F)cc3F)on2)cc1. The quantitative estimate of drug-likeness (QED) is 0.758. The van der Waals surface area contributed by atoms with Gasteiger partial charge in [-0.05, 0) is 36.4 Å². The second kappa shape index (κ2) is 7.35. The molecular weight excluding hydrogens is 340 g/mol. The summed E-state index contributed by atoms with van der Waals surface area (Å²) in [6.07, 6.45) is 0. The number of aromatic nitrogens is 1. The van der Waals surface area contributed by atoms with Gasteiger partial charge in [0.15, 0.2) is 5.76 Å². The molecule has 0 aliphatic rings. The normalized spacial score (nSPS) is 10.6. The molecule has 26 heavy (non-hydrogen) atoms. The zero-order chi connectivity index (χ0) is 18.7. The fourth-order valence-corrected chi connectivity index (χ4v) is 2.40. The summed E-state index contributed by atoms with van der Waals surface area (Å²) in [4.78, 5) is 14.1. The number of halogens is 2. The van der Waals surface area contributed by atoms with Gasteiger partial charge in [-0.2, -0.15) is 0 Å². The van der Waals surface area contributed by atoms with Gasteiger partial charge in [-0.15, -0.1) is 0 Å². The Kier molecular flexibility index (Phi) is 4.97. The van der Waals surface area contributed by atoms with Gasteiger partial charge in [0.1, 0.15) is 17.3 Å². The van der Waals surface area contributed by atoms with Crippen molar-refractivity contribution >= 4 is 11.6 Å². The van der Waals surface area contributed by atoms with Crippen molar-refractivity contribution in [3.05, 3.63) is 71.4 Å². The van der Waals surface area contributed by atoms with E-state index in [-0.39, 0.29) is 23.8 Å². The summed E-state index contributed by atoms with van der Waals surface area (Å²) in [7, 11) is 3.84. The van der Waals surface area contributed by atoms with Gasteiger partial charge >= 0.3 is 0 Å². The number of anilines is 1. The average molecular weight is 357 g/mol. The highest BCUT2D eigenvalue weighted by atomic mass is 19.1. The van der Waals surface area contributed by atoms with Crippen LogP contribution in [-0.4, -0.2) is 25.2 Å². The molecule has 0 fully saturated rings. The van der Waals surface area contributed by atoms with Crippen LogP contribution in [0.15, 0.2) is 53.1 Å². The number of rotatable bonds is 5. The van der Waals surface area contributed by atoms with Crippen molar-refractivity contribution < 1.29 is 18.1 Å². The van der Waals surface area contributed by atoms with Crippen LogP contribution in [0.25, 0.3) is 11.3 Å². The first-order chi connectivity index (χ1) is 12.4. The van der Waals surface area contributed by atoms with Gasteiger partial charge in [-0.25, -0.2) is 8.78 Å². The molecule has 134 valence electrons. The van der Waals surface area contributed by atoms with Gasteiger partial charge in [0, 0.05) is 37.5 Å². The molecule has 1 aromatic heterocycles. The second-order valence-corrected chi connectivity index (χ2v) is 5.93. The van der Waals surface area contributed by atoms with Crippen molar-refractivity contribution in [1.29, 1.82) is 0 Å². The molecule has 1 heterocycles. The van der Waals surface area contributed by atoms with Crippen LogP contribution in [0, 0.1) is 11.6 Å². The van der Waals surface area contributed by atoms with E-state index in [1.54, 1.807) is 12.1 Å². The molecule has 3 rings (SSSR count). The highest BCUT2D eigenvalue weighted by Gasteiger charge is 2.13. The van der Waals surface area contributed by atoms with Crippen LogP contribution in [0.4, 0.5) is 14.5 Å². The number of amides is 1. The van der Waals surface area contributed by atoms with E-state index in [9.17, 15) is 13.6 Å². The zero-order valence-corrected chi connectivity index (χ0v) is 14.3. The smallest absolute Gasteiger partial charge is 0.251 e. The molecule has 0 aliphatic heterocycles. The lowest BCUT2D eigenvalue weighted by atomic mass is 10.1. The third kappa shape index (κ3) is 3.88. The Balaban J connectivity index is 1.65. The van der Waals surface area contributed by atoms with Crippen molar-refractivity contribution in [2.24, 2.45) is 0 Å². The van der Waals surface area contributed by atoms with Crippen LogP contribution in [0.1, 0.15) is 16.1 Å². The summed E-state index contributed by atoms with van der Waals surface area (Å²) < 4.78 is 31.8. The minimum Gasteiger partial charge on any atom is -0.378 e. The molecule has 2 aromatic carbocycles. The topological polar surface area (TPSA) is 58.4 Å². The molecule has 1 amide bonds. The molecular formula is C19H17F2N3O2. The molecule has 0 unspecified atom stereocenters. The van der Waals surface area contributed by atoms with Crippen LogP contribution < -0.4 is 10.2 Å². The zero-order valence-electron chi connectivity index (χ0n) is 14.3. The Morgan fingerprint density at radius 3 is 2.50 bits per heavy atom. The van der Waals surface area contributed by atoms with E-state index in [0.29, 0.717) is 11.3 Å². The van der Waals surface area contributed by atoms with E-state index >= 15 is 0 Å². The van der Waals surface area contributed by atoms with E-state index in [0.717, 1.165) is 17.8 Å². The molecule has 0 aliphatic carbocycles. The molecule has 5 nitrogen and oxygen atoms in total. The first kappa shape index (κ1) is 17.6. The molecule has 0 saturated carbocycles. The fraction of sp³-hybridized carbons (Fsp3) is 0.158. The van der Waals surface area contributed by atoms with Crippen molar-refractivity contribution in [3.8, 4) is 11.3 Å². The van der Waals surface area contributed by atoms with E-state index in [1.807, 2.05) is 31.1 Å². The number of carbonyl (C=O) groups is 1. The molecule has 0 spiro atoms. The number of hydrogen-bond acceptors (Lipinski definition) is 4. The minimum atomic E-state index is -0.738. The molecule has 0 radical (unpaired) electrons. The van der Waals surface area contributed by atoms with Gasteiger partial charge in [0.2, 0.25) is 0 Å². The number of carbonyl (C=O) groups excluding carboxylic acids is 1. The van der Waals surface area contributed by atoms with Crippen LogP contribution >= 0.6 is 0 Å². The number of benzene rings is 2. The maximum atomic E-state index is 13.8. The maximum absolute atomic E-state index is 13.8. The second-order valence-electron chi connectivity index (χ2n) is 5.93. The Morgan fingerprint density at radius 1 is 1.12 bits per heavy atom.